The van der Waals surface area contributed by atoms with E-state index in [4.69, 9.17) is 0 Å². The first kappa shape index (κ1) is 14.2. The fourth-order valence-electron chi connectivity index (χ4n) is 1.94. The smallest absolute Gasteiger partial charge is 0.254 e. The summed E-state index contributed by atoms with van der Waals surface area (Å²) in [5.41, 5.74) is 1.99. The number of hydrogen-bond donors (Lipinski definition) is 1. The Bertz CT molecular complexity index is 567. The van der Waals surface area contributed by atoms with Gasteiger partial charge in [-0.2, -0.15) is 5.10 Å². The Morgan fingerprint density at radius 3 is 2.40 bits per heavy atom. The van der Waals surface area contributed by atoms with Crippen LogP contribution in [0.15, 0.2) is 30.6 Å². The molecular formula is C15H20N4O. The van der Waals surface area contributed by atoms with Gasteiger partial charge in [-0.15, -0.1) is 0 Å². The van der Waals surface area contributed by atoms with Gasteiger partial charge in [-0.05, 0) is 23.1 Å². The first-order valence-electron chi connectivity index (χ1n) is 6.58. The number of rotatable bonds is 3. The lowest BCUT2D eigenvalue weighted by molar-refractivity contribution is 0.0781. The van der Waals surface area contributed by atoms with Crippen LogP contribution in [-0.4, -0.2) is 33.0 Å². The number of amides is 1. The van der Waals surface area contributed by atoms with Crippen molar-refractivity contribution in [2.75, 3.05) is 7.05 Å². The highest BCUT2D eigenvalue weighted by molar-refractivity contribution is 5.94. The summed E-state index contributed by atoms with van der Waals surface area (Å²) in [4.78, 5) is 17.9. The fourth-order valence-corrected chi connectivity index (χ4v) is 1.94. The minimum atomic E-state index is -0.0261. The van der Waals surface area contributed by atoms with Crippen LogP contribution in [0.1, 0.15) is 42.5 Å². The van der Waals surface area contributed by atoms with Crippen molar-refractivity contribution in [2.24, 2.45) is 0 Å². The van der Waals surface area contributed by atoms with Gasteiger partial charge in [0.15, 0.2) is 0 Å². The maximum Gasteiger partial charge on any atom is 0.254 e. The Balaban J connectivity index is 2.09. The Kier molecular flexibility index (Phi) is 3.88. The number of benzene rings is 1. The topological polar surface area (TPSA) is 61.9 Å². The molecule has 0 radical (unpaired) electrons. The third-order valence-corrected chi connectivity index (χ3v) is 3.20. The molecule has 2 aromatic rings. The summed E-state index contributed by atoms with van der Waals surface area (Å²) in [6.45, 7) is 6.87. The average Bonchev–Trinajstić information content (AvgIpc) is 2.90. The van der Waals surface area contributed by atoms with Crippen molar-refractivity contribution in [3.8, 4) is 0 Å². The van der Waals surface area contributed by atoms with Crippen LogP contribution in [0.4, 0.5) is 0 Å². The Morgan fingerprint density at radius 1 is 1.25 bits per heavy atom. The van der Waals surface area contributed by atoms with E-state index in [0.29, 0.717) is 17.9 Å². The highest BCUT2D eigenvalue weighted by Crippen LogP contribution is 2.22. The van der Waals surface area contributed by atoms with Gasteiger partial charge >= 0.3 is 0 Å². The summed E-state index contributed by atoms with van der Waals surface area (Å²) in [5.74, 6) is 0.647. The number of H-pyrrole nitrogens is 1. The van der Waals surface area contributed by atoms with Crippen LogP contribution >= 0.6 is 0 Å². The van der Waals surface area contributed by atoms with E-state index in [9.17, 15) is 4.79 Å². The maximum absolute atomic E-state index is 12.3. The van der Waals surface area contributed by atoms with E-state index in [0.717, 1.165) is 0 Å². The standard InChI is InChI=1S/C15H20N4O/c1-15(2,3)12-7-5-11(6-8-12)14(20)19(4)9-13-16-10-17-18-13/h5-8,10H,9H2,1-4H3,(H,16,17,18). The van der Waals surface area contributed by atoms with Gasteiger partial charge in [0, 0.05) is 12.6 Å². The van der Waals surface area contributed by atoms with Crippen LogP contribution in [0.25, 0.3) is 0 Å². The zero-order valence-electron chi connectivity index (χ0n) is 12.3. The van der Waals surface area contributed by atoms with Crippen molar-refractivity contribution in [2.45, 2.75) is 32.7 Å². The summed E-state index contributed by atoms with van der Waals surface area (Å²) in [5, 5.41) is 6.52. The summed E-state index contributed by atoms with van der Waals surface area (Å²) >= 11 is 0. The molecule has 0 saturated carbocycles. The van der Waals surface area contributed by atoms with Crippen molar-refractivity contribution in [1.82, 2.24) is 20.1 Å². The van der Waals surface area contributed by atoms with Crippen molar-refractivity contribution in [3.63, 3.8) is 0 Å². The minimum absolute atomic E-state index is 0.0261. The normalized spacial score (nSPS) is 11.4. The van der Waals surface area contributed by atoms with E-state index in [2.05, 4.69) is 36.0 Å². The maximum atomic E-state index is 12.3. The second-order valence-electron chi connectivity index (χ2n) is 5.92. The summed E-state index contributed by atoms with van der Waals surface area (Å²) in [7, 11) is 1.75. The fraction of sp³-hybridized carbons (Fsp3) is 0.400. The number of aromatic amines is 1. The van der Waals surface area contributed by atoms with Crippen molar-refractivity contribution in [3.05, 3.63) is 47.5 Å². The molecule has 0 saturated heterocycles. The highest BCUT2D eigenvalue weighted by atomic mass is 16.2. The molecule has 0 spiro atoms. The minimum Gasteiger partial charge on any atom is -0.334 e. The molecule has 2 rings (SSSR count). The van der Waals surface area contributed by atoms with E-state index in [1.165, 1.54) is 11.9 Å². The number of nitrogens with one attached hydrogen (secondary N) is 1. The van der Waals surface area contributed by atoms with Crippen LogP contribution in [0, 0.1) is 0 Å². The molecule has 1 heterocycles. The van der Waals surface area contributed by atoms with E-state index < -0.39 is 0 Å². The molecular weight excluding hydrogens is 252 g/mol. The Hall–Kier alpha value is -2.17. The van der Waals surface area contributed by atoms with Crippen molar-refractivity contribution in [1.29, 1.82) is 0 Å². The van der Waals surface area contributed by atoms with Gasteiger partial charge in [0.2, 0.25) is 0 Å². The molecule has 0 aliphatic carbocycles. The van der Waals surface area contributed by atoms with Gasteiger partial charge in [0.1, 0.15) is 12.2 Å². The first-order valence-corrected chi connectivity index (χ1v) is 6.58. The van der Waals surface area contributed by atoms with Crippen molar-refractivity contribution < 1.29 is 4.79 Å². The quantitative estimate of drug-likeness (QED) is 0.933. The molecule has 20 heavy (non-hydrogen) atoms. The molecule has 0 aliphatic rings. The van der Waals surface area contributed by atoms with Gasteiger partial charge in [0.25, 0.3) is 5.91 Å². The zero-order chi connectivity index (χ0) is 14.8. The second-order valence-corrected chi connectivity index (χ2v) is 5.92. The number of hydrogen-bond acceptors (Lipinski definition) is 3. The van der Waals surface area contributed by atoms with Crippen LogP contribution in [-0.2, 0) is 12.0 Å². The first-order chi connectivity index (χ1) is 9.38. The van der Waals surface area contributed by atoms with Gasteiger partial charge in [-0.25, -0.2) is 4.98 Å². The van der Waals surface area contributed by atoms with Gasteiger partial charge in [-0.1, -0.05) is 32.9 Å². The third-order valence-electron chi connectivity index (χ3n) is 3.20. The zero-order valence-corrected chi connectivity index (χ0v) is 12.3. The molecule has 5 nitrogen and oxygen atoms in total. The second kappa shape index (κ2) is 5.45. The van der Waals surface area contributed by atoms with E-state index in [1.807, 2.05) is 24.3 Å². The van der Waals surface area contributed by atoms with E-state index >= 15 is 0 Å². The summed E-state index contributed by atoms with van der Waals surface area (Å²) in [6, 6.07) is 7.77. The molecule has 5 heteroatoms. The van der Waals surface area contributed by atoms with Crippen LogP contribution < -0.4 is 0 Å². The van der Waals surface area contributed by atoms with Crippen LogP contribution in [0.5, 0.6) is 0 Å². The lowest BCUT2D eigenvalue weighted by Crippen LogP contribution is -2.26. The molecule has 106 valence electrons. The van der Waals surface area contributed by atoms with Gasteiger partial charge in [-0.3, -0.25) is 9.89 Å². The van der Waals surface area contributed by atoms with E-state index in [1.54, 1.807) is 11.9 Å². The molecule has 0 fully saturated rings. The lowest BCUT2D eigenvalue weighted by Gasteiger charge is -2.20. The molecule has 0 atom stereocenters. The molecule has 1 aromatic carbocycles. The van der Waals surface area contributed by atoms with Crippen LogP contribution in [0.3, 0.4) is 0 Å². The predicted octanol–water partition coefficient (Wildman–Crippen LogP) is 2.37. The molecule has 1 N–H and O–H groups in total. The number of aromatic nitrogens is 3. The molecule has 1 amide bonds. The third kappa shape index (κ3) is 3.23. The number of carbonyl (C=O) groups excluding carboxylic acids is 1. The van der Waals surface area contributed by atoms with E-state index in [-0.39, 0.29) is 11.3 Å². The largest absolute Gasteiger partial charge is 0.334 e. The van der Waals surface area contributed by atoms with Gasteiger partial charge < -0.3 is 4.90 Å². The molecule has 0 unspecified atom stereocenters. The van der Waals surface area contributed by atoms with Crippen molar-refractivity contribution >= 4 is 5.91 Å². The molecule has 0 aliphatic heterocycles. The SMILES string of the molecule is CN(Cc1ncn[nH]1)C(=O)c1ccc(C(C)(C)C)cc1. The van der Waals surface area contributed by atoms with Crippen LogP contribution in [0.2, 0.25) is 0 Å². The predicted molar refractivity (Wildman–Crippen MR) is 77.3 cm³/mol. The monoisotopic (exact) mass is 272 g/mol. The Morgan fingerprint density at radius 2 is 1.90 bits per heavy atom. The summed E-state index contributed by atoms with van der Waals surface area (Å²) in [6.07, 6.45) is 1.44. The highest BCUT2D eigenvalue weighted by Gasteiger charge is 2.16. The number of carbonyl (C=O) groups is 1. The summed E-state index contributed by atoms with van der Waals surface area (Å²) < 4.78 is 0. The number of nitrogens with zero attached hydrogens (tertiary/aromatic N) is 3. The molecule has 0 bridgehead atoms. The Labute approximate surface area is 119 Å². The molecule has 1 aromatic heterocycles. The lowest BCUT2D eigenvalue weighted by atomic mass is 9.86. The average molecular weight is 272 g/mol. The van der Waals surface area contributed by atoms with Gasteiger partial charge in [0.05, 0.1) is 6.54 Å².